The summed E-state index contributed by atoms with van der Waals surface area (Å²) in [5.41, 5.74) is 0. The molecule has 0 saturated heterocycles. The zero-order valence-corrected chi connectivity index (χ0v) is 9.65. The molecule has 0 fully saturated rings. The Morgan fingerprint density at radius 3 is 0.857 bits per heavy atom. The zero-order chi connectivity index (χ0) is 4.00. The van der Waals surface area contributed by atoms with Crippen molar-refractivity contribution in [2.75, 3.05) is 0 Å². The molecule has 0 amide bonds. The normalized spacial score (nSPS) is 1.71. The Labute approximate surface area is 74.2 Å². The van der Waals surface area contributed by atoms with Gasteiger partial charge in [0.05, 0.1) is 0 Å². The predicted octanol–water partition coefficient (Wildman–Crippen LogP) is 0.851. The molecule has 0 aliphatic heterocycles. The molecule has 0 aromatic carbocycles. The largest absolute Gasteiger partial charge is 2.00 e. The van der Waals surface area contributed by atoms with Gasteiger partial charge in [-0.1, -0.05) is 0 Å². The van der Waals surface area contributed by atoms with E-state index >= 15 is 0 Å². The third-order valence-electron chi connectivity index (χ3n) is 0. The van der Waals surface area contributed by atoms with Crippen molar-refractivity contribution in [1.82, 2.24) is 0 Å². The van der Waals surface area contributed by atoms with Crippen LogP contribution < -0.4 is 0 Å². The van der Waals surface area contributed by atoms with Crippen LogP contribution in [0.5, 0.6) is 0 Å². The molecule has 0 radical (unpaired) electrons. The molecule has 1 nitrogen and oxygen atoms in total. The molecule has 0 aromatic rings. The minimum Gasteiger partial charge on any atom is -0.412 e. The van der Waals surface area contributed by atoms with Crippen LogP contribution in [0.1, 0.15) is 13.8 Å². The van der Waals surface area contributed by atoms with Crippen LogP contribution in [0.25, 0.3) is 0 Å². The molecule has 0 spiro atoms. The maximum atomic E-state index is 3.25. The summed E-state index contributed by atoms with van der Waals surface area (Å²) in [4.78, 5) is 0. The topological polar surface area (TPSA) is 31.5 Å². The van der Waals surface area contributed by atoms with Crippen LogP contribution in [0.4, 0.5) is 0 Å². The van der Waals surface area contributed by atoms with Gasteiger partial charge in [-0.2, -0.15) is 13.8 Å². The van der Waals surface area contributed by atoms with Gasteiger partial charge in [0.15, 0.2) is 0 Å². The summed E-state index contributed by atoms with van der Waals surface area (Å²) < 4.78 is 0. The van der Waals surface area contributed by atoms with Crippen molar-refractivity contribution in [3.63, 3.8) is 0 Å². The van der Waals surface area contributed by atoms with Gasteiger partial charge in [0.25, 0.3) is 0 Å². The van der Waals surface area contributed by atoms with Gasteiger partial charge in [-0.05, 0) is 0 Å². The van der Waals surface area contributed by atoms with Crippen LogP contribution in [0.2, 0.25) is 0 Å². The molecule has 0 saturated carbocycles. The fraction of sp³-hybridized carbons (Fsp3) is 0.500. The third-order valence-corrected chi connectivity index (χ3v) is 0. The van der Waals surface area contributed by atoms with E-state index in [-0.39, 0.29) is 46.7 Å². The van der Waals surface area contributed by atoms with Gasteiger partial charge in [0, 0.05) is 21.7 Å². The second kappa shape index (κ2) is 172. The second-order valence-electron chi connectivity index (χ2n) is 0. The molecule has 7 heavy (non-hydrogen) atoms. The van der Waals surface area contributed by atoms with E-state index in [1.54, 1.807) is 13.8 Å². The molecular weight excluding hydrogens is 177 g/mol. The summed E-state index contributed by atoms with van der Waals surface area (Å²) in [7, 11) is 0. The summed E-state index contributed by atoms with van der Waals surface area (Å²) in [6.45, 7) is 10.0. The van der Waals surface area contributed by atoms with Gasteiger partial charge in [0.2, 0.25) is 0 Å². The van der Waals surface area contributed by atoms with E-state index in [9.17, 15) is 0 Å². The van der Waals surface area contributed by atoms with Gasteiger partial charge in [-0.15, -0.1) is 0 Å². The van der Waals surface area contributed by atoms with E-state index in [0.29, 0.717) is 0 Å². The first-order valence-electron chi connectivity index (χ1n) is 1.41. The molecule has 2 N–H and O–H groups in total. The van der Waals surface area contributed by atoms with Crippen LogP contribution in [0, 0.1) is 13.8 Å². The fourth-order valence-corrected chi connectivity index (χ4v) is 0. The predicted molar refractivity (Wildman–Crippen MR) is 25.7 cm³/mol. The number of rotatable bonds is 0. The van der Waals surface area contributed by atoms with E-state index in [4.69, 9.17) is 0 Å². The summed E-state index contributed by atoms with van der Waals surface area (Å²) in [5, 5.41) is 0. The van der Waals surface area contributed by atoms with E-state index in [1.165, 1.54) is 0 Å². The maximum absolute atomic E-state index is 3.25. The van der Waals surface area contributed by atoms with Crippen molar-refractivity contribution >= 4 is 0 Å². The van der Waals surface area contributed by atoms with Crippen LogP contribution in [-0.2, 0) is 41.2 Å². The summed E-state index contributed by atoms with van der Waals surface area (Å²) in [5.74, 6) is 0. The average molecular weight is 189 g/mol. The van der Waals surface area contributed by atoms with Crippen LogP contribution in [0.15, 0.2) is 0 Å². The molecule has 40 valence electrons. The maximum Gasteiger partial charge on any atom is 2.00 e. The first-order valence-corrected chi connectivity index (χ1v) is 1.41. The molecule has 0 bridgehead atoms. The van der Waals surface area contributed by atoms with Crippen LogP contribution >= 0.6 is 0 Å². The van der Waals surface area contributed by atoms with Crippen molar-refractivity contribution < 1.29 is 46.7 Å². The van der Waals surface area contributed by atoms with E-state index < -0.39 is 0 Å². The Kier molecular flexibility index (Phi) is 998. The second-order valence-corrected chi connectivity index (χ2v) is 0. The van der Waals surface area contributed by atoms with Gasteiger partial charge in [-0.3, -0.25) is 0 Å². The third kappa shape index (κ3) is 122. The smallest absolute Gasteiger partial charge is 0.412 e. The monoisotopic (exact) mass is 188 g/mol. The van der Waals surface area contributed by atoms with Gasteiger partial charge in [-0.25, -0.2) is 0 Å². The van der Waals surface area contributed by atoms with Crippen LogP contribution in [0.3, 0.4) is 0 Å². The molecule has 0 rings (SSSR count). The summed E-state index contributed by atoms with van der Waals surface area (Å²) >= 11 is 0. The Hall–Kier alpha value is 1.30. The molecule has 0 heterocycles. The minimum atomic E-state index is 0. The van der Waals surface area contributed by atoms with Gasteiger partial charge < -0.3 is 19.3 Å². The fourth-order valence-electron chi connectivity index (χ4n) is 0. The van der Waals surface area contributed by atoms with Gasteiger partial charge in [0.1, 0.15) is 0 Å². The molecule has 0 aromatic heterocycles. The van der Waals surface area contributed by atoms with E-state index in [1.807, 2.05) is 0 Å². The van der Waals surface area contributed by atoms with Crippen molar-refractivity contribution in [2.24, 2.45) is 0 Å². The Bertz CT molecular complexity index is 11.7. The first-order chi connectivity index (χ1) is 2.00. The standard InChI is InChI=1S/2C2H5.H2O.Ti.Zn/c2*1-2;;;/h2*1H2,2H3;1H2;;/q2*-1;;;+2. The number of hydrogen-bond donors (Lipinski definition) is 0. The molecule has 0 unspecified atom stereocenters. The Morgan fingerprint density at radius 1 is 0.857 bits per heavy atom. The summed E-state index contributed by atoms with van der Waals surface area (Å²) in [6, 6.07) is 0. The van der Waals surface area contributed by atoms with Crippen molar-refractivity contribution in [3.8, 4) is 0 Å². The van der Waals surface area contributed by atoms with Gasteiger partial charge >= 0.3 is 19.5 Å². The van der Waals surface area contributed by atoms with E-state index in [0.717, 1.165) is 0 Å². The molecule has 0 aliphatic carbocycles. The molecular formula is C4H12OTiZn. The number of hydrogen-bond acceptors (Lipinski definition) is 0. The van der Waals surface area contributed by atoms with Crippen LogP contribution in [-0.4, -0.2) is 5.48 Å². The SMILES string of the molecule is O.[CH2-]C.[CH2-]C.[Ti].[Zn+2]. The van der Waals surface area contributed by atoms with Crippen molar-refractivity contribution in [2.45, 2.75) is 13.8 Å². The minimum absolute atomic E-state index is 0. The molecule has 0 aliphatic rings. The first kappa shape index (κ1) is 40.6. The zero-order valence-electron chi connectivity index (χ0n) is 5.12. The quantitative estimate of drug-likeness (QED) is 0.400. The molecule has 0 atom stereocenters. The summed E-state index contributed by atoms with van der Waals surface area (Å²) in [6.07, 6.45) is 0. The van der Waals surface area contributed by atoms with E-state index in [2.05, 4.69) is 13.8 Å². The Balaban J connectivity index is -0.00000000267. The van der Waals surface area contributed by atoms with Crippen molar-refractivity contribution in [1.29, 1.82) is 0 Å². The Morgan fingerprint density at radius 2 is 0.857 bits per heavy atom. The van der Waals surface area contributed by atoms with Crippen molar-refractivity contribution in [3.05, 3.63) is 13.8 Å². The average Bonchev–Trinajstić information content (AvgIpc) is 1.50. The molecule has 3 heteroatoms.